The van der Waals surface area contributed by atoms with Crippen LogP contribution in [0, 0.1) is 0 Å². The van der Waals surface area contributed by atoms with Crippen molar-refractivity contribution in [3.63, 3.8) is 0 Å². The topological polar surface area (TPSA) is 38.7 Å². The first-order valence-corrected chi connectivity index (χ1v) is 3.62. The maximum absolute atomic E-state index is 8.68. The minimum Gasteiger partial charge on any atom is -0.394 e. The fourth-order valence-corrected chi connectivity index (χ4v) is 1.11. The van der Waals surface area contributed by atoms with Crippen LogP contribution in [0.3, 0.4) is 0 Å². The van der Waals surface area contributed by atoms with Gasteiger partial charge in [-0.3, -0.25) is 0 Å². The van der Waals surface area contributed by atoms with Crippen LogP contribution in [0.4, 0.5) is 0 Å². The summed E-state index contributed by atoms with van der Waals surface area (Å²) in [6.07, 6.45) is 2.20. The van der Waals surface area contributed by atoms with Gasteiger partial charge in [-0.15, -0.1) is 0 Å². The number of ether oxygens (including phenoxy) is 2. The van der Waals surface area contributed by atoms with Crippen molar-refractivity contribution in [3.05, 3.63) is 0 Å². The van der Waals surface area contributed by atoms with Crippen LogP contribution in [-0.4, -0.2) is 37.6 Å². The normalized spacial score (nSPS) is 34.2. The molecule has 60 valence electrons. The van der Waals surface area contributed by atoms with Crippen molar-refractivity contribution < 1.29 is 14.6 Å². The quantitative estimate of drug-likeness (QED) is 0.603. The number of rotatable bonds is 2. The summed E-state index contributed by atoms with van der Waals surface area (Å²) in [5.74, 6) is 0. The van der Waals surface area contributed by atoms with Gasteiger partial charge >= 0.3 is 0 Å². The molecule has 0 amide bonds. The van der Waals surface area contributed by atoms with Crippen molar-refractivity contribution in [2.75, 3.05) is 20.3 Å². The highest BCUT2D eigenvalue weighted by molar-refractivity contribution is 4.68. The standard InChI is InChI=1S/C7H14O3/c1-9-7-3-2-6(4-8)10-5-7/h6-8H,2-5H2,1H3/t6-,7+/m0/s1. The molecule has 0 unspecified atom stereocenters. The highest BCUT2D eigenvalue weighted by Gasteiger charge is 2.19. The van der Waals surface area contributed by atoms with E-state index in [4.69, 9.17) is 14.6 Å². The summed E-state index contributed by atoms with van der Waals surface area (Å²) in [5, 5.41) is 8.68. The second-order valence-electron chi connectivity index (χ2n) is 2.57. The molecule has 1 saturated heterocycles. The molecule has 3 heteroatoms. The smallest absolute Gasteiger partial charge is 0.0808 e. The first-order chi connectivity index (χ1) is 4.86. The van der Waals surface area contributed by atoms with Gasteiger partial charge in [-0.1, -0.05) is 0 Å². The molecule has 2 atom stereocenters. The molecule has 10 heavy (non-hydrogen) atoms. The van der Waals surface area contributed by atoms with Gasteiger partial charge in [0.15, 0.2) is 0 Å². The lowest BCUT2D eigenvalue weighted by atomic mass is 10.1. The Morgan fingerprint density at radius 2 is 2.40 bits per heavy atom. The zero-order chi connectivity index (χ0) is 7.40. The lowest BCUT2D eigenvalue weighted by Gasteiger charge is -2.26. The fourth-order valence-electron chi connectivity index (χ4n) is 1.11. The van der Waals surface area contributed by atoms with E-state index in [9.17, 15) is 0 Å². The highest BCUT2D eigenvalue weighted by Crippen LogP contribution is 2.14. The Balaban J connectivity index is 2.17. The minimum absolute atomic E-state index is 0.0476. The van der Waals surface area contributed by atoms with E-state index in [0.29, 0.717) is 6.61 Å². The number of aliphatic hydroxyl groups excluding tert-OH is 1. The first kappa shape index (κ1) is 7.98. The average Bonchev–Trinajstić information content (AvgIpc) is 2.05. The molecule has 1 fully saturated rings. The third-order valence-corrected chi connectivity index (χ3v) is 1.87. The van der Waals surface area contributed by atoms with Gasteiger partial charge < -0.3 is 14.6 Å². The molecule has 0 aliphatic carbocycles. The van der Waals surface area contributed by atoms with E-state index in [1.807, 2.05) is 0 Å². The summed E-state index contributed by atoms with van der Waals surface area (Å²) in [6, 6.07) is 0. The molecule has 0 radical (unpaired) electrons. The van der Waals surface area contributed by atoms with E-state index in [-0.39, 0.29) is 18.8 Å². The van der Waals surface area contributed by atoms with Crippen LogP contribution in [0.2, 0.25) is 0 Å². The highest BCUT2D eigenvalue weighted by atomic mass is 16.5. The Labute approximate surface area is 60.9 Å². The number of aliphatic hydroxyl groups is 1. The van der Waals surface area contributed by atoms with Gasteiger partial charge in [-0.2, -0.15) is 0 Å². The number of hydrogen-bond acceptors (Lipinski definition) is 3. The van der Waals surface area contributed by atoms with Crippen molar-refractivity contribution in [2.45, 2.75) is 25.0 Å². The van der Waals surface area contributed by atoms with Crippen LogP contribution in [0.5, 0.6) is 0 Å². The van der Waals surface area contributed by atoms with Crippen LogP contribution in [-0.2, 0) is 9.47 Å². The summed E-state index contributed by atoms with van der Waals surface area (Å²) in [7, 11) is 1.69. The molecule has 1 heterocycles. The van der Waals surface area contributed by atoms with Crippen LogP contribution >= 0.6 is 0 Å². The van der Waals surface area contributed by atoms with Crippen LogP contribution in [0.15, 0.2) is 0 Å². The Bertz CT molecular complexity index is 74.9. The largest absolute Gasteiger partial charge is 0.394 e. The van der Waals surface area contributed by atoms with E-state index < -0.39 is 0 Å². The van der Waals surface area contributed by atoms with Crippen LogP contribution in [0.1, 0.15) is 12.8 Å². The number of hydrogen-bond donors (Lipinski definition) is 1. The van der Waals surface area contributed by atoms with E-state index in [1.54, 1.807) is 7.11 Å². The van der Waals surface area contributed by atoms with Gasteiger partial charge in [0.2, 0.25) is 0 Å². The fraction of sp³-hybridized carbons (Fsp3) is 1.00. The van der Waals surface area contributed by atoms with Gasteiger partial charge in [0.05, 0.1) is 25.4 Å². The molecule has 0 bridgehead atoms. The molecular weight excluding hydrogens is 132 g/mol. The Morgan fingerprint density at radius 1 is 1.60 bits per heavy atom. The minimum atomic E-state index is 0.0476. The van der Waals surface area contributed by atoms with Gasteiger partial charge in [-0.25, -0.2) is 0 Å². The van der Waals surface area contributed by atoms with Crippen LogP contribution < -0.4 is 0 Å². The SMILES string of the molecule is CO[C@@H]1CC[C@@H](CO)OC1. The molecule has 1 aliphatic rings. The maximum Gasteiger partial charge on any atom is 0.0808 e. The third-order valence-electron chi connectivity index (χ3n) is 1.87. The van der Waals surface area contributed by atoms with Crippen molar-refractivity contribution in [1.29, 1.82) is 0 Å². The summed E-state index contributed by atoms with van der Waals surface area (Å²) in [5.41, 5.74) is 0. The van der Waals surface area contributed by atoms with E-state index in [0.717, 1.165) is 12.8 Å². The summed E-state index contributed by atoms with van der Waals surface area (Å²) in [6.45, 7) is 0.762. The molecule has 3 nitrogen and oxygen atoms in total. The predicted octanol–water partition coefficient (Wildman–Crippen LogP) is 0.173. The van der Waals surface area contributed by atoms with Crippen LogP contribution in [0.25, 0.3) is 0 Å². The summed E-state index contributed by atoms with van der Waals surface area (Å²) >= 11 is 0. The monoisotopic (exact) mass is 146 g/mol. The average molecular weight is 146 g/mol. The lowest BCUT2D eigenvalue weighted by Crippen LogP contribution is -2.32. The second kappa shape index (κ2) is 3.91. The van der Waals surface area contributed by atoms with Crippen molar-refractivity contribution in [2.24, 2.45) is 0 Å². The molecule has 0 spiro atoms. The molecule has 0 aromatic rings. The van der Waals surface area contributed by atoms with Crippen molar-refractivity contribution in [1.82, 2.24) is 0 Å². The molecule has 0 saturated carbocycles. The second-order valence-corrected chi connectivity index (χ2v) is 2.57. The Kier molecular flexibility index (Phi) is 3.12. The Morgan fingerprint density at radius 3 is 2.80 bits per heavy atom. The maximum atomic E-state index is 8.68. The molecule has 0 aromatic carbocycles. The van der Waals surface area contributed by atoms with Gasteiger partial charge in [0.25, 0.3) is 0 Å². The van der Waals surface area contributed by atoms with Crippen molar-refractivity contribution in [3.8, 4) is 0 Å². The molecule has 1 aliphatic heterocycles. The van der Waals surface area contributed by atoms with Gasteiger partial charge in [0.1, 0.15) is 0 Å². The summed E-state index contributed by atoms with van der Waals surface area (Å²) in [4.78, 5) is 0. The van der Waals surface area contributed by atoms with E-state index >= 15 is 0 Å². The van der Waals surface area contributed by atoms with Crippen molar-refractivity contribution >= 4 is 0 Å². The molecule has 0 aromatic heterocycles. The third kappa shape index (κ3) is 1.94. The van der Waals surface area contributed by atoms with Gasteiger partial charge in [-0.05, 0) is 12.8 Å². The summed E-state index contributed by atoms with van der Waals surface area (Å²) < 4.78 is 10.3. The van der Waals surface area contributed by atoms with E-state index in [1.165, 1.54) is 0 Å². The van der Waals surface area contributed by atoms with E-state index in [2.05, 4.69) is 0 Å². The zero-order valence-electron chi connectivity index (χ0n) is 6.25. The first-order valence-electron chi connectivity index (χ1n) is 3.62. The molecule has 1 N–H and O–H groups in total. The Hall–Kier alpha value is -0.120. The predicted molar refractivity (Wildman–Crippen MR) is 36.9 cm³/mol. The zero-order valence-corrected chi connectivity index (χ0v) is 6.25. The lowest BCUT2D eigenvalue weighted by molar-refractivity contribution is -0.0860. The number of methoxy groups -OCH3 is 1. The van der Waals surface area contributed by atoms with Gasteiger partial charge in [0, 0.05) is 7.11 Å². The molecular formula is C7H14O3. The molecule has 1 rings (SSSR count).